The molecule has 3 nitrogen and oxygen atoms in total. The molecule has 1 fully saturated rings. The van der Waals surface area contributed by atoms with Gasteiger partial charge in [-0.2, -0.15) is 0 Å². The van der Waals surface area contributed by atoms with Gasteiger partial charge in [-0.25, -0.2) is 0 Å². The summed E-state index contributed by atoms with van der Waals surface area (Å²) in [6.45, 7) is 5.78. The highest BCUT2D eigenvalue weighted by atomic mass is 16.5. The van der Waals surface area contributed by atoms with E-state index in [-0.39, 0.29) is 0 Å². The molecule has 0 spiro atoms. The van der Waals surface area contributed by atoms with Crippen molar-refractivity contribution in [3.63, 3.8) is 0 Å². The van der Waals surface area contributed by atoms with Crippen molar-refractivity contribution < 1.29 is 9.47 Å². The van der Waals surface area contributed by atoms with Crippen molar-refractivity contribution in [3.05, 3.63) is 23.8 Å². The number of hydrogen-bond acceptors (Lipinski definition) is 3. The van der Waals surface area contributed by atoms with E-state index in [1.165, 1.54) is 24.8 Å². The Balaban J connectivity index is 1.88. The Morgan fingerprint density at radius 3 is 2.45 bits per heavy atom. The Kier molecular flexibility index (Phi) is 4.92. The van der Waals surface area contributed by atoms with E-state index < -0.39 is 0 Å². The largest absolute Gasteiger partial charge is 0.493 e. The van der Waals surface area contributed by atoms with Crippen LogP contribution >= 0.6 is 0 Å². The summed E-state index contributed by atoms with van der Waals surface area (Å²) in [6.07, 6.45) is 4.94. The minimum absolute atomic E-state index is 0.329. The van der Waals surface area contributed by atoms with Gasteiger partial charge >= 0.3 is 0 Å². The van der Waals surface area contributed by atoms with Gasteiger partial charge in [0.05, 0.1) is 14.2 Å². The van der Waals surface area contributed by atoms with Gasteiger partial charge < -0.3 is 14.8 Å². The molecule has 0 unspecified atom stereocenters. The predicted molar refractivity (Wildman–Crippen MR) is 82.7 cm³/mol. The highest BCUT2D eigenvalue weighted by Gasteiger charge is 2.25. The first-order valence-corrected chi connectivity index (χ1v) is 7.48. The topological polar surface area (TPSA) is 30.5 Å². The summed E-state index contributed by atoms with van der Waals surface area (Å²) < 4.78 is 10.6. The van der Waals surface area contributed by atoms with Crippen LogP contribution in [0.15, 0.2) is 18.2 Å². The lowest BCUT2D eigenvalue weighted by Crippen LogP contribution is -2.31. The van der Waals surface area contributed by atoms with E-state index in [1.54, 1.807) is 14.2 Å². The molecule has 1 aromatic carbocycles. The van der Waals surface area contributed by atoms with Gasteiger partial charge in [-0.1, -0.05) is 19.9 Å². The normalized spacial score (nSPS) is 15.2. The fourth-order valence-electron chi connectivity index (χ4n) is 2.32. The zero-order chi connectivity index (χ0) is 14.6. The smallest absolute Gasteiger partial charge is 0.160 e. The van der Waals surface area contributed by atoms with E-state index in [0.717, 1.165) is 30.5 Å². The molecule has 0 bridgehead atoms. The maximum atomic E-state index is 5.36. The molecule has 0 aliphatic heterocycles. The van der Waals surface area contributed by atoms with Gasteiger partial charge in [0.2, 0.25) is 0 Å². The third-order valence-corrected chi connectivity index (χ3v) is 3.99. The van der Waals surface area contributed by atoms with E-state index in [4.69, 9.17) is 9.47 Å². The number of hydrogen-bond donors (Lipinski definition) is 1. The summed E-state index contributed by atoms with van der Waals surface area (Å²) in [7, 11) is 3.36. The SMILES string of the molecule is COc1ccc(CCC(C)(C)CNC2CC2)cc1OC. The van der Waals surface area contributed by atoms with Crippen LogP contribution in [0, 0.1) is 5.41 Å². The molecule has 0 saturated heterocycles. The fourth-order valence-corrected chi connectivity index (χ4v) is 2.32. The minimum atomic E-state index is 0.329. The van der Waals surface area contributed by atoms with Crippen molar-refractivity contribution in [1.82, 2.24) is 5.32 Å². The molecule has 1 aliphatic rings. The van der Waals surface area contributed by atoms with E-state index >= 15 is 0 Å². The average Bonchev–Trinajstić information content (AvgIpc) is 3.27. The monoisotopic (exact) mass is 277 g/mol. The van der Waals surface area contributed by atoms with Gasteiger partial charge in [-0.3, -0.25) is 0 Å². The summed E-state index contributed by atoms with van der Waals surface area (Å²) >= 11 is 0. The number of nitrogens with one attached hydrogen (secondary N) is 1. The van der Waals surface area contributed by atoms with Gasteiger partial charge in [-0.05, 0) is 48.8 Å². The van der Waals surface area contributed by atoms with Crippen LogP contribution in [0.3, 0.4) is 0 Å². The van der Waals surface area contributed by atoms with Gasteiger partial charge in [0, 0.05) is 12.6 Å². The van der Waals surface area contributed by atoms with E-state index in [9.17, 15) is 0 Å². The first-order chi connectivity index (χ1) is 9.54. The molecule has 20 heavy (non-hydrogen) atoms. The van der Waals surface area contributed by atoms with Crippen LogP contribution in [0.5, 0.6) is 11.5 Å². The molecule has 1 saturated carbocycles. The molecular formula is C17H27NO2. The summed E-state index contributed by atoms with van der Waals surface area (Å²) in [5, 5.41) is 3.63. The van der Waals surface area contributed by atoms with E-state index in [2.05, 4.69) is 31.3 Å². The number of rotatable bonds is 8. The van der Waals surface area contributed by atoms with Crippen molar-refractivity contribution in [2.45, 2.75) is 45.6 Å². The molecular weight excluding hydrogens is 250 g/mol. The second-order valence-electron chi connectivity index (χ2n) is 6.51. The van der Waals surface area contributed by atoms with Crippen molar-refractivity contribution in [2.75, 3.05) is 20.8 Å². The zero-order valence-electron chi connectivity index (χ0n) is 13.2. The standard InChI is InChI=1S/C17H27NO2/c1-17(2,12-18-14-6-7-14)10-9-13-5-8-15(19-3)16(11-13)20-4/h5,8,11,14,18H,6-7,9-10,12H2,1-4H3. The van der Waals surface area contributed by atoms with Gasteiger partial charge in [0.15, 0.2) is 11.5 Å². The maximum absolute atomic E-state index is 5.36. The maximum Gasteiger partial charge on any atom is 0.160 e. The highest BCUT2D eigenvalue weighted by molar-refractivity contribution is 5.42. The Morgan fingerprint density at radius 2 is 1.85 bits per heavy atom. The summed E-state index contributed by atoms with van der Waals surface area (Å²) in [5.74, 6) is 1.62. The number of aryl methyl sites for hydroxylation is 1. The second-order valence-corrected chi connectivity index (χ2v) is 6.51. The van der Waals surface area contributed by atoms with Gasteiger partial charge in [-0.15, -0.1) is 0 Å². The Morgan fingerprint density at radius 1 is 1.15 bits per heavy atom. The van der Waals surface area contributed by atoms with Crippen LogP contribution in [-0.2, 0) is 6.42 Å². The molecule has 0 radical (unpaired) electrons. The first kappa shape index (κ1) is 15.2. The quantitative estimate of drug-likeness (QED) is 0.790. The molecule has 1 aliphatic carbocycles. The van der Waals surface area contributed by atoms with Crippen LogP contribution in [-0.4, -0.2) is 26.8 Å². The van der Waals surface area contributed by atoms with Crippen molar-refractivity contribution in [3.8, 4) is 11.5 Å². The number of methoxy groups -OCH3 is 2. The Labute approximate surface area is 122 Å². The third kappa shape index (κ3) is 4.41. The molecule has 0 aromatic heterocycles. The highest BCUT2D eigenvalue weighted by Crippen LogP contribution is 2.30. The fraction of sp³-hybridized carbons (Fsp3) is 0.647. The van der Waals surface area contributed by atoms with Crippen molar-refractivity contribution in [2.24, 2.45) is 5.41 Å². The first-order valence-electron chi connectivity index (χ1n) is 7.48. The summed E-state index contributed by atoms with van der Waals surface area (Å²) in [4.78, 5) is 0. The van der Waals surface area contributed by atoms with Crippen LogP contribution in [0.4, 0.5) is 0 Å². The van der Waals surface area contributed by atoms with E-state index in [0.29, 0.717) is 5.41 Å². The third-order valence-electron chi connectivity index (χ3n) is 3.99. The van der Waals surface area contributed by atoms with Crippen molar-refractivity contribution >= 4 is 0 Å². The molecule has 0 atom stereocenters. The zero-order valence-corrected chi connectivity index (χ0v) is 13.2. The molecule has 0 amide bonds. The van der Waals surface area contributed by atoms with E-state index in [1.807, 2.05) is 6.07 Å². The lowest BCUT2D eigenvalue weighted by atomic mass is 9.86. The minimum Gasteiger partial charge on any atom is -0.493 e. The number of ether oxygens (including phenoxy) is 2. The summed E-state index contributed by atoms with van der Waals surface area (Å²) in [5.41, 5.74) is 1.64. The van der Waals surface area contributed by atoms with Crippen molar-refractivity contribution in [1.29, 1.82) is 0 Å². The summed E-state index contributed by atoms with van der Waals surface area (Å²) in [6, 6.07) is 6.99. The van der Waals surface area contributed by atoms with Crippen LogP contribution in [0.2, 0.25) is 0 Å². The molecule has 0 heterocycles. The lowest BCUT2D eigenvalue weighted by Gasteiger charge is -2.25. The number of benzene rings is 1. The molecule has 1 aromatic rings. The average molecular weight is 277 g/mol. The molecule has 2 rings (SSSR count). The van der Waals surface area contributed by atoms with Gasteiger partial charge in [0.25, 0.3) is 0 Å². The molecule has 3 heteroatoms. The Bertz CT molecular complexity index is 439. The Hall–Kier alpha value is -1.22. The van der Waals surface area contributed by atoms with Crippen LogP contribution < -0.4 is 14.8 Å². The molecule has 112 valence electrons. The van der Waals surface area contributed by atoms with Crippen LogP contribution in [0.25, 0.3) is 0 Å². The van der Waals surface area contributed by atoms with Crippen LogP contribution in [0.1, 0.15) is 38.7 Å². The molecule has 1 N–H and O–H groups in total. The second kappa shape index (κ2) is 6.49. The predicted octanol–water partition coefficient (Wildman–Crippen LogP) is 3.41. The lowest BCUT2D eigenvalue weighted by molar-refractivity contribution is 0.313. The van der Waals surface area contributed by atoms with Gasteiger partial charge in [0.1, 0.15) is 0 Å².